The molecule has 72 valence electrons. The maximum absolute atomic E-state index is 13.4. The highest BCUT2D eigenvalue weighted by molar-refractivity contribution is 5.62. The lowest BCUT2D eigenvalue weighted by atomic mass is 10.1. The minimum Gasteiger partial charge on any atom is -0.384 e. The fourth-order valence-electron chi connectivity index (χ4n) is 1.22. The molecule has 0 fully saturated rings. The first-order valence-corrected chi connectivity index (χ1v) is 4.07. The molecule has 2 aromatic rings. The van der Waals surface area contributed by atoms with E-state index in [9.17, 15) is 4.39 Å². The van der Waals surface area contributed by atoms with Gasteiger partial charge in [0.25, 0.3) is 0 Å². The number of rotatable bonds is 1. The molecule has 2 aromatic heterocycles. The first-order chi connectivity index (χ1) is 6.66. The molecule has 0 aliphatic carbocycles. The minimum atomic E-state index is -0.384. The van der Waals surface area contributed by atoms with Gasteiger partial charge in [-0.2, -0.15) is 5.10 Å². The van der Waals surface area contributed by atoms with Gasteiger partial charge in [-0.05, 0) is 0 Å². The maximum Gasteiger partial charge on any atom is 0.136 e. The summed E-state index contributed by atoms with van der Waals surface area (Å²) in [6, 6.07) is 1.20. The summed E-state index contributed by atoms with van der Waals surface area (Å²) in [7, 11) is 1.77. The smallest absolute Gasteiger partial charge is 0.136 e. The van der Waals surface area contributed by atoms with Crippen molar-refractivity contribution in [1.29, 1.82) is 0 Å². The second-order valence-corrected chi connectivity index (χ2v) is 2.99. The Morgan fingerprint density at radius 2 is 2.21 bits per heavy atom. The van der Waals surface area contributed by atoms with E-state index in [1.807, 2.05) is 0 Å². The molecule has 0 aromatic carbocycles. The van der Waals surface area contributed by atoms with E-state index in [1.165, 1.54) is 12.3 Å². The fourth-order valence-corrected chi connectivity index (χ4v) is 1.22. The molecule has 2 heterocycles. The first kappa shape index (κ1) is 8.68. The third-order valence-corrected chi connectivity index (χ3v) is 1.89. The molecule has 2 N–H and O–H groups in total. The lowest BCUT2D eigenvalue weighted by molar-refractivity contribution is 0.630. The van der Waals surface area contributed by atoms with Gasteiger partial charge in [0.15, 0.2) is 0 Å². The van der Waals surface area contributed by atoms with Crippen LogP contribution in [0.2, 0.25) is 0 Å². The van der Waals surface area contributed by atoms with Crippen LogP contribution in [-0.2, 0) is 7.05 Å². The van der Waals surface area contributed by atoms with E-state index in [0.717, 1.165) is 0 Å². The number of aromatic nitrogens is 3. The molecule has 0 spiro atoms. The van der Waals surface area contributed by atoms with Gasteiger partial charge in [0.05, 0.1) is 6.20 Å². The topological polar surface area (TPSA) is 56.7 Å². The van der Waals surface area contributed by atoms with Crippen LogP contribution in [0.3, 0.4) is 0 Å². The van der Waals surface area contributed by atoms with Crippen LogP contribution < -0.4 is 5.73 Å². The molecule has 0 radical (unpaired) electrons. The summed E-state index contributed by atoms with van der Waals surface area (Å²) in [5.41, 5.74) is 6.44. The van der Waals surface area contributed by atoms with Crippen molar-refractivity contribution in [3.8, 4) is 11.1 Å². The second kappa shape index (κ2) is 3.10. The molecule has 5 heteroatoms. The number of nitrogen functional groups attached to an aromatic ring is 1. The molecular formula is C9H9FN4. The molecule has 14 heavy (non-hydrogen) atoms. The zero-order valence-corrected chi connectivity index (χ0v) is 7.61. The third kappa shape index (κ3) is 1.44. The Labute approximate surface area is 80.2 Å². The van der Waals surface area contributed by atoms with Crippen molar-refractivity contribution >= 4 is 5.82 Å². The van der Waals surface area contributed by atoms with Gasteiger partial charge in [0, 0.05) is 36.6 Å². The van der Waals surface area contributed by atoms with Crippen LogP contribution in [-0.4, -0.2) is 14.8 Å². The van der Waals surface area contributed by atoms with E-state index in [2.05, 4.69) is 10.1 Å². The molecule has 0 saturated carbocycles. The lowest BCUT2D eigenvalue weighted by Crippen LogP contribution is -1.92. The highest BCUT2D eigenvalue weighted by Crippen LogP contribution is 2.21. The summed E-state index contributed by atoms with van der Waals surface area (Å²) in [6.07, 6.45) is 4.70. The highest BCUT2D eigenvalue weighted by Gasteiger charge is 2.07. The Morgan fingerprint density at radius 3 is 2.79 bits per heavy atom. The monoisotopic (exact) mass is 192 g/mol. The van der Waals surface area contributed by atoms with Gasteiger partial charge in [0.2, 0.25) is 0 Å². The van der Waals surface area contributed by atoms with Crippen LogP contribution in [0.15, 0.2) is 24.7 Å². The molecule has 0 saturated heterocycles. The highest BCUT2D eigenvalue weighted by atomic mass is 19.1. The Balaban J connectivity index is 2.52. The Kier molecular flexibility index (Phi) is 1.92. The predicted molar refractivity (Wildman–Crippen MR) is 50.8 cm³/mol. The van der Waals surface area contributed by atoms with Gasteiger partial charge in [0.1, 0.15) is 11.6 Å². The van der Waals surface area contributed by atoms with E-state index in [-0.39, 0.29) is 11.6 Å². The fraction of sp³-hybridized carbons (Fsp3) is 0.111. The average molecular weight is 192 g/mol. The van der Waals surface area contributed by atoms with E-state index in [1.54, 1.807) is 24.1 Å². The molecule has 0 amide bonds. The molecular weight excluding hydrogens is 183 g/mol. The Morgan fingerprint density at radius 1 is 1.43 bits per heavy atom. The van der Waals surface area contributed by atoms with Gasteiger partial charge < -0.3 is 5.73 Å². The zero-order chi connectivity index (χ0) is 10.1. The third-order valence-electron chi connectivity index (χ3n) is 1.89. The summed E-state index contributed by atoms with van der Waals surface area (Å²) < 4.78 is 15.0. The molecule has 0 aliphatic rings. The summed E-state index contributed by atoms with van der Waals surface area (Å²) in [5, 5.41) is 3.95. The van der Waals surface area contributed by atoms with Gasteiger partial charge >= 0.3 is 0 Å². The van der Waals surface area contributed by atoms with Crippen LogP contribution in [0.5, 0.6) is 0 Å². The normalized spacial score (nSPS) is 10.4. The molecule has 4 nitrogen and oxygen atoms in total. The lowest BCUT2D eigenvalue weighted by Gasteiger charge is -1.99. The Bertz CT molecular complexity index is 464. The maximum atomic E-state index is 13.4. The van der Waals surface area contributed by atoms with Crippen LogP contribution in [0, 0.1) is 5.82 Å². The minimum absolute atomic E-state index is 0.176. The van der Waals surface area contributed by atoms with Crippen molar-refractivity contribution < 1.29 is 4.39 Å². The van der Waals surface area contributed by atoms with Crippen molar-refractivity contribution in [2.75, 3.05) is 5.73 Å². The number of halogens is 1. The summed E-state index contributed by atoms with van der Waals surface area (Å²) in [4.78, 5) is 3.83. The molecule has 0 aliphatic heterocycles. The summed E-state index contributed by atoms with van der Waals surface area (Å²) >= 11 is 0. The quantitative estimate of drug-likeness (QED) is 0.738. The Hall–Kier alpha value is -1.91. The standard InChI is InChI=1S/C9H9FN4/c1-14-5-6(3-13-14)7-4-12-9(11)2-8(7)10/h2-5H,1H3,(H2,11,12). The van der Waals surface area contributed by atoms with Crippen LogP contribution >= 0.6 is 0 Å². The number of hydrogen-bond acceptors (Lipinski definition) is 3. The number of nitrogens with zero attached hydrogens (tertiary/aromatic N) is 3. The average Bonchev–Trinajstić information content (AvgIpc) is 2.51. The first-order valence-electron chi connectivity index (χ1n) is 4.07. The summed E-state index contributed by atoms with van der Waals surface area (Å²) in [6.45, 7) is 0. The van der Waals surface area contributed by atoms with Crippen molar-refractivity contribution in [2.45, 2.75) is 0 Å². The number of anilines is 1. The predicted octanol–water partition coefficient (Wildman–Crippen LogP) is 1.20. The van der Waals surface area contributed by atoms with Crippen molar-refractivity contribution in [1.82, 2.24) is 14.8 Å². The molecule has 2 rings (SSSR count). The van der Waals surface area contributed by atoms with Crippen molar-refractivity contribution in [2.24, 2.45) is 7.05 Å². The van der Waals surface area contributed by atoms with E-state index in [4.69, 9.17) is 5.73 Å². The van der Waals surface area contributed by atoms with E-state index >= 15 is 0 Å². The van der Waals surface area contributed by atoms with Crippen LogP contribution in [0.1, 0.15) is 0 Å². The number of hydrogen-bond donors (Lipinski definition) is 1. The van der Waals surface area contributed by atoms with Gasteiger partial charge in [-0.15, -0.1) is 0 Å². The SMILES string of the molecule is Cn1cc(-c2cnc(N)cc2F)cn1. The van der Waals surface area contributed by atoms with E-state index in [0.29, 0.717) is 11.1 Å². The largest absolute Gasteiger partial charge is 0.384 e. The van der Waals surface area contributed by atoms with Crippen LogP contribution in [0.25, 0.3) is 11.1 Å². The summed E-state index contributed by atoms with van der Waals surface area (Å²) in [5.74, 6) is -0.208. The van der Waals surface area contributed by atoms with Crippen molar-refractivity contribution in [3.05, 3.63) is 30.5 Å². The number of pyridine rings is 1. The van der Waals surface area contributed by atoms with Crippen molar-refractivity contribution in [3.63, 3.8) is 0 Å². The molecule has 0 bridgehead atoms. The zero-order valence-electron chi connectivity index (χ0n) is 7.61. The van der Waals surface area contributed by atoms with Gasteiger partial charge in [-0.3, -0.25) is 4.68 Å². The van der Waals surface area contributed by atoms with E-state index < -0.39 is 0 Å². The molecule has 0 atom stereocenters. The second-order valence-electron chi connectivity index (χ2n) is 2.99. The number of nitrogens with two attached hydrogens (primary N) is 1. The van der Waals surface area contributed by atoms with Gasteiger partial charge in [-0.1, -0.05) is 0 Å². The van der Waals surface area contributed by atoms with Gasteiger partial charge in [-0.25, -0.2) is 9.37 Å². The molecule has 0 unspecified atom stereocenters. The van der Waals surface area contributed by atoms with Crippen LogP contribution in [0.4, 0.5) is 10.2 Å². The number of aryl methyl sites for hydroxylation is 1.